The van der Waals surface area contributed by atoms with Crippen LogP contribution in [0.15, 0.2) is 0 Å². The van der Waals surface area contributed by atoms with Gasteiger partial charge in [-0.25, -0.2) is 9.59 Å². The molecule has 2 aliphatic rings. The van der Waals surface area contributed by atoms with E-state index in [4.69, 9.17) is 4.74 Å². The largest absolute Gasteiger partial charge is 0.691 e. The number of rotatable bonds is 9. The summed E-state index contributed by atoms with van der Waals surface area (Å²) < 4.78 is 39.6. The molecule has 0 saturated heterocycles. The van der Waals surface area contributed by atoms with Gasteiger partial charge in [0.05, 0.1) is 0 Å². The molecule has 7 nitrogen and oxygen atoms in total. The van der Waals surface area contributed by atoms with Gasteiger partial charge in [-0.15, -0.1) is 0 Å². The van der Waals surface area contributed by atoms with Gasteiger partial charge in [-0.3, -0.25) is 5.04 Å². The maximum atomic E-state index is 13.2. The van der Waals surface area contributed by atoms with Crippen molar-refractivity contribution in [1.82, 2.24) is 0 Å². The number of hydrogen-bond acceptors (Lipinski definition) is 8. The molecule has 10 heteroatoms. The Morgan fingerprint density at radius 3 is 2.67 bits per heavy atom. The topological polar surface area (TPSA) is 94.1 Å². The van der Waals surface area contributed by atoms with Crippen LogP contribution >= 0.6 is 12.0 Å². The second kappa shape index (κ2) is 7.94. The van der Waals surface area contributed by atoms with Crippen molar-refractivity contribution in [3.8, 4) is 0 Å². The van der Waals surface area contributed by atoms with Crippen LogP contribution in [-0.4, -0.2) is 29.4 Å². The van der Waals surface area contributed by atoms with E-state index >= 15 is 0 Å². The summed E-state index contributed by atoms with van der Waals surface area (Å²) >= 11 is -0.806. The molecule has 3 atom stereocenters. The summed E-state index contributed by atoms with van der Waals surface area (Å²) in [5, 5.41) is 8.09. The summed E-state index contributed by atoms with van der Waals surface area (Å²) in [6.45, 7) is 1.06. The van der Waals surface area contributed by atoms with Gasteiger partial charge in [-0.1, -0.05) is 13.3 Å². The van der Waals surface area contributed by atoms with Gasteiger partial charge < -0.3 is 14.7 Å². The molecule has 0 radical (unpaired) electrons. The van der Waals surface area contributed by atoms with Crippen LogP contribution in [0.5, 0.6) is 0 Å². The van der Waals surface area contributed by atoms with Gasteiger partial charge in [0.15, 0.2) is 6.61 Å². The third kappa shape index (κ3) is 4.35. The molecule has 2 saturated carbocycles. The Hall–Kier alpha value is -0.970. The Morgan fingerprint density at radius 2 is 2.12 bits per heavy atom. The maximum Gasteiger partial charge on any atom is 0.415 e. The van der Waals surface area contributed by atoms with Gasteiger partial charge in [-0.05, 0) is 43.9 Å². The van der Waals surface area contributed by atoms with Crippen LogP contribution in [0, 0.1) is 11.8 Å². The van der Waals surface area contributed by atoms with Crippen LogP contribution in [0.1, 0.15) is 45.4 Å². The average Bonchev–Trinajstić information content (AvgIpc) is 3.11. The minimum Gasteiger partial charge on any atom is -0.691 e. The summed E-state index contributed by atoms with van der Waals surface area (Å²) in [6.07, 6.45) is 5.42. The minimum atomic E-state index is -4.17. The number of halogens is 2. The van der Waals surface area contributed by atoms with Crippen molar-refractivity contribution in [2.75, 3.05) is 6.61 Å². The van der Waals surface area contributed by atoms with Crippen LogP contribution in [0.2, 0.25) is 0 Å². The monoisotopic (exact) mass is 369 g/mol. The second-order valence-electron chi connectivity index (χ2n) is 6.18. The van der Waals surface area contributed by atoms with Gasteiger partial charge >= 0.3 is 17.2 Å². The number of ether oxygens (including phenoxy) is 2. The van der Waals surface area contributed by atoms with E-state index in [-0.39, 0.29) is 5.92 Å². The summed E-state index contributed by atoms with van der Waals surface area (Å²) in [5.74, 6) is -2.06. The van der Waals surface area contributed by atoms with E-state index in [9.17, 15) is 23.6 Å². The van der Waals surface area contributed by atoms with Crippen molar-refractivity contribution in [3.63, 3.8) is 0 Å². The highest BCUT2D eigenvalue weighted by Gasteiger charge is 2.53. The first-order chi connectivity index (χ1) is 11.3. The van der Waals surface area contributed by atoms with Gasteiger partial charge in [0.1, 0.15) is 17.6 Å². The summed E-state index contributed by atoms with van der Waals surface area (Å²) in [4.78, 5) is 23.2. The predicted octanol–water partition coefficient (Wildman–Crippen LogP) is 1.90. The molecule has 0 aromatic heterocycles. The van der Waals surface area contributed by atoms with Crippen LogP contribution < -0.4 is 5.26 Å². The van der Waals surface area contributed by atoms with Crippen molar-refractivity contribution in [1.29, 1.82) is 0 Å². The van der Waals surface area contributed by atoms with E-state index in [1.807, 2.05) is 6.92 Å². The van der Waals surface area contributed by atoms with Crippen molar-refractivity contribution in [2.24, 2.45) is 11.8 Å². The Labute approximate surface area is 142 Å². The third-order valence-electron chi connectivity index (χ3n) is 4.63. The Kier molecular flexibility index (Phi) is 6.40. The van der Waals surface area contributed by atoms with Crippen LogP contribution in [0.3, 0.4) is 0 Å². The van der Waals surface area contributed by atoms with Gasteiger partial charge in [0.25, 0.3) is 0 Å². The molecule has 3 unspecified atom stereocenters. The van der Waals surface area contributed by atoms with E-state index in [2.05, 4.69) is 14.1 Å². The fraction of sp³-hybridized carbons (Fsp3) is 0.857. The zero-order chi connectivity index (χ0) is 17.8. The molecule has 2 fully saturated rings. The van der Waals surface area contributed by atoms with Gasteiger partial charge in [0.2, 0.25) is 0 Å². The van der Waals surface area contributed by atoms with Crippen molar-refractivity contribution < 1.29 is 42.5 Å². The first-order valence-corrected chi connectivity index (χ1v) is 8.48. The Morgan fingerprint density at radius 1 is 1.38 bits per heavy atom. The van der Waals surface area contributed by atoms with Crippen molar-refractivity contribution in [2.45, 2.75) is 56.3 Å². The van der Waals surface area contributed by atoms with E-state index < -0.39 is 41.4 Å². The number of carbonyl (C=O) groups is 2. The van der Waals surface area contributed by atoms with Crippen LogP contribution in [0.25, 0.3) is 0 Å². The molecule has 2 bridgehead atoms. The lowest BCUT2D eigenvalue weighted by atomic mass is 9.81. The van der Waals surface area contributed by atoms with Gasteiger partial charge in [0, 0.05) is 0 Å². The third-order valence-corrected chi connectivity index (χ3v) is 5.13. The number of carbonyl (C=O) groups excluding carboxylic acids is 2. The van der Waals surface area contributed by atoms with Crippen LogP contribution in [0.4, 0.5) is 8.78 Å². The second-order valence-corrected chi connectivity index (χ2v) is 7.00. The van der Waals surface area contributed by atoms with E-state index in [1.54, 1.807) is 0 Å². The lowest BCUT2D eigenvalue weighted by molar-refractivity contribution is -0.777. The summed E-state index contributed by atoms with van der Waals surface area (Å²) in [7, 11) is 0. The minimum absolute atomic E-state index is 0.279. The number of hydrogen-bond donors (Lipinski definition) is 0. The lowest BCUT2D eigenvalue weighted by Crippen LogP contribution is -2.42. The average molecular weight is 369 g/mol. The summed E-state index contributed by atoms with van der Waals surface area (Å²) in [6, 6.07) is 0. The molecule has 0 heterocycles. The Balaban J connectivity index is 1.85. The standard InChI is InChI=1S/C14H20F2O7S/c1-2-5-13(7-9-3-4-10(13)6-9)21-11(17)8-20-12(18)14(15,16)24-23-22-19/h9-10,19H,2-8H2,1H3/p-1. The zero-order valence-electron chi connectivity index (χ0n) is 13.1. The SMILES string of the molecule is CCCC1(OC(=O)COC(=O)C(F)(F)SOO[O-])CC2CCC1C2. The number of esters is 2. The van der Waals surface area contributed by atoms with Gasteiger partial charge in [-0.2, -0.15) is 13.1 Å². The quantitative estimate of drug-likeness (QED) is 0.263. The zero-order valence-corrected chi connectivity index (χ0v) is 13.9. The molecule has 0 aromatic rings. The molecule has 0 spiro atoms. The lowest BCUT2D eigenvalue weighted by Gasteiger charge is -2.37. The highest BCUT2D eigenvalue weighted by Crippen LogP contribution is 2.54. The van der Waals surface area contributed by atoms with Crippen molar-refractivity contribution >= 4 is 24.0 Å². The highest BCUT2D eigenvalue weighted by molar-refractivity contribution is 7.96. The molecule has 0 N–H and O–H groups in total. The molecule has 138 valence electrons. The fourth-order valence-electron chi connectivity index (χ4n) is 3.85. The maximum absolute atomic E-state index is 13.2. The molecule has 2 rings (SSSR count). The molecule has 2 aliphatic carbocycles. The molecule has 0 aliphatic heterocycles. The Bertz CT molecular complexity index is 476. The predicted molar refractivity (Wildman–Crippen MR) is 74.8 cm³/mol. The van der Waals surface area contributed by atoms with Crippen molar-refractivity contribution in [3.05, 3.63) is 0 Å². The van der Waals surface area contributed by atoms with E-state index in [0.29, 0.717) is 12.3 Å². The molecule has 0 amide bonds. The summed E-state index contributed by atoms with van der Waals surface area (Å²) in [5.41, 5.74) is -0.571. The molecule has 0 aromatic carbocycles. The smallest absolute Gasteiger partial charge is 0.415 e. The molecular formula is C14H19F2O7S-. The normalized spacial score (nSPS) is 28.8. The number of alkyl halides is 2. The number of fused-ring (bicyclic) bond motifs is 2. The highest BCUT2D eigenvalue weighted by atomic mass is 32.2. The first kappa shape index (κ1) is 19.4. The van der Waals surface area contributed by atoms with Crippen LogP contribution in [-0.2, 0) is 28.4 Å². The van der Waals surface area contributed by atoms with E-state index in [1.165, 1.54) is 0 Å². The molecule has 24 heavy (non-hydrogen) atoms. The first-order valence-electron chi connectivity index (χ1n) is 7.74. The van der Waals surface area contributed by atoms with E-state index in [0.717, 1.165) is 32.1 Å². The fourth-order valence-corrected chi connectivity index (χ4v) is 4.09. The molecular weight excluding hydrogens is 350 g/mol.